The minimum Gasteiger partial charge on any atom is -0.384 e. The molecule has 0 aliphatic rings. The summed E-state index contributed by atoms with van der Waals surface area (Å²) in [7, 11) is 1.70. The molecule has 0 fully saturated rings. The van der Waals surface area contributed by atoms with E-state index in [0.717, 1.165) is 4.47 Å². The summed E-state index contributed by atoms with van der Waals surface area (Å²) in [5.41, 5.74) is 2.45. The molecule has 0 N–H and O–H groups in total. The second-order valence-electron chi connectivity index (χ2n) is 2.72. The van der Waals surface area contributed by atoms with E-state index in [9.17, 15) is 0 Å². The van der Waals surface area contributed by atoms with Gasteiger partial charge in [0, 0.05) is 18.0 Å². The molecule has 0 amide bonds. The summed E-state index contributed by atoms with van der Waals surface area (Å²) in [6, 6.07) is 6.29. The Morgan fingerprint density at radius 1 is 1.42 bits per heavy atom. The molecule has 65 valence electrons. The Balaban J connectivity index is 2.72. The van der Waals surface area contributed by atoms with E-state index < -0.39 is 0 Å². The molecule has 0 spiro atoms. The van der Waals surface area contributed by atoms with E-state index in [4.69, 9.17) is 4.74 Å². The van der Waals surface area contributed by atoms with Crippen LogP contribution in [0, 0.1) is 13.3 Å². The highest BCUT2D eigenvalue weighted by atomic mass is 79.9. The van der Waals surface area contributed by atoms with Crippen LogP contribution in [0.5, 0.6) is 0 Å². The van der Waals surface area contributed by atoms with E-state index in [0.29, 0.717) is 6.61 Å². The van der Waals surface area contributed by atoms with E-state index in [1.807, 2.05) is 0 Å². The van der Waals surface area contributed by atoms with Gasteiger partial charge in [-0.3, -0.25) is 0 Å². The largest absolute Gasteiger partial charge is 0.384 e. The summed E-state index contributed by atoms with van der Waals surface area (Å²) >= 11 is 3.44. The molecule has 0 aromatic heterocycles. The predicted octanol–water partition coefficient (Wildman–Crippen LogP) is 2.96. The second kappa shape index (κ2) is 4.63. The number of aryl methyl sites for hydroxylation is 1. The van der Waals surface area contributed by atoms with E-state index in [1.54, 1.807) is 7.11 Å². The average Bonchev–Trinajstić information content (AvgIpc) is 1.99. The van der Waals surface area contributed by atoms with Crippen molar-refractivity contribution in [2.45, 2.75) is 6.92 Å². The van der Waals surface area contributed by atoms with Gasteiger partial charge in [0.25, 0.3) is 0 Å². The zero-order valence-electron chi connectivity index (χ0n) is 7.30. The van der Waals surface area contributed by atoms with Crippen molar-refractivity contribution in [3.63, 3.8) is 0 Å². The topological polar surface area (TPSA) is 9.23 Å². The summed E-state index contributed by atoms with van der Waals surface area (Å²) in [5, 5.41) is 0. The Bertz CT molecular complexity index is 238. The second-order valence-corrected chi connectivity index (χ2v) is 3.64. The highest BCUT2D eigenvalue weighted by Gasteiger charge is 1.96. The molecule has 2 heteroatoms. The van der Waals surface area contributed by atoms with Crippen LogP contribution in [-0.4, -0.2) is 13.7 Å². The molecule has 0 atom stereocenters. The lowest BCUT2D eigenvalue weighted by atomic mass is 10.1. The minimum atomic E-state index is 0.663. The van der Waals surface area contributed by atoms with Gasteiger partial charge in [-0.2, -0.15) is 0 Å². The summed E-state index contributed by atoms with van der Waals surface area (Å²) in [5.74, 6) is 0. The maximum absolute atomic E-state index is 4.95. The molecule has 12 heavy (non-hydrogen) atoms. The Kier molecular flexibility index (Phi) is 3.76. The number of methoxy groups -OCH3 is 1. The van der Waals surface area contributed by atoms with Crippen LogP contribution in [0.4, 0.5) is 0 Å². The smallest absolute Gasteiger partial charge is 0.0537 e. The molecule has 1 aromatic carbocycles. The van der Waals surface area contributed by atoms with Crippen molar-refractivity contribution < 1.29 is 4.74 Å². The Morgan fingerprint density at radius 3 is 2.75 bits per heavy atom. The zero-order valence-corrected chi connectivity index (χ0v) is 8.89. The molecule has 0 unspecified atom stereocenters. The summed E-state index contributed by atoms with van der Waals surface area (Å²) in [4.78, 5) is 0. The lowest BCUT2D eigenvalue weighted by Gasteiger charge is -2.02. The van der Waals surface area contributed by atoms with Crippen molar-refractivity contribution in [2.24, 2.45) is 0 Å². The van der Waals surface area contributed by atoms with Crippen LogP contribution in [0.3, 0.4) is 0 Å². The molecular formula is C10H12BrO. The third-order valence-electron chi connectivity index (χ3n) is 1.55. The normalized spacial score (nSPS) is 10.2. The third-order valence-corrected chi connectivity index (χ3v) is 2.01. The molecule has 0 aliphatic carbocycles. The fourth-order valence-electron chi connectivity index (χ4n) is 1.06. The first-order valence-corrected chi connectivity index (χ1v) is 4.61. The molecule has 1 rings (SSSR count). The standard InChI is InChI=1S/C10H12BrO/c1-8-5-9(3-4-12-2)7-10(11)6-8/h3,5-7H,4H2,1-2H3. The number of benzene rings is 1. The van der Waals surface area contributed by atoms with Crippen molar-refractivity contribution in [3.8, 4) is 0 Å². The fraction of sp³-hybridized carbons (Fsp3) is 0.300. The van der Waals surface area contributed by atoms with Crippen LogP contribution in [0.2, 0.25) is 0 Å². The molecule has 0 heterocycles. The lowest BCUT2D eigenvalue weighted by molar-refractivity contribution is 0.225. The molecule has 0 saturated heterocycles. The number of halogens is 1. The Labute approximate surface area is 81.9 Å². The predicted molar refractivity (Wildman–Crippen MR) is 54.2 cm³/mol. The van der Waals surface area contributed by atoms with Gasteiger partial charge >= 0.3 is 0 Å². The van der Waals surface area contributed by atoms with Gasteiger partial charge in [-0.25, -0.2) is 0 Å². The Hall–Kier alpha value is -0.340. The van der Waals surface area contributed by atoms with Crippen molar-refractivity contribution in [1.82, 2.24) is 0 Å². The van der Waals surface area contributed by atoms with E-state index >= 15 is 0 Å². The van der Waals surface area contributed by atoms with Crippen molar-refractivity contribution >= 4 is 15.9 Å². The van der Waals surface area contributed by atoms with Crippen molar-refractivity contribution in [1.29, 1.82) is 0 Å². The highest BCUT2D eigenvalue weighted by Crippen LogP contribution is 2.16. The quantitative estimate of drug-likeness (QED) is 0.772. The van der Waals surface area contributed by atoms with E-state index in [2.05, 4.69) is 47.5 Å². The van der Waals surface area contributed by atoms with Crippen LogP contribution in [0.15, 0.2) is 22.7 Å². The Morgan fingerprint density at radius 2 is 2.17 bits per heavy atom. The maximum Gasteiger partial charge on any atom is 0.0537 e. The summed E-state index contributed by atoms with van der Waals surface area (Å²) < 4.78 is 6.07. The molecular weight excluding hydrogens is 216 g/mol. The monoisotopic (exact) mass is 227 g/mol. The number of ether oxygens (including phenoxy) is 1. The summed E-state index contributed by atoms with van der Waals surface area (Å²) in [6.45, 7) is 2.74. The van der Waals surface area contributed by atoms with Crippen LogP contribution in [-0.2, 0) is 4.74 Å². The summed E-state index contributed by atoms with van der Waals surface area (Å²) in [6.07, 6.45) is 2.05. The van der Waals surface area contributed by atoms with Gasteiger partial charge in [-0.05, 0) is 30.2 Å². The van der Waals surface area contributed by atoms with Gasteiger partial charge in [-0.1, -0.05) is 22.0 Å². The number of hydrogen-bond donors (Lipinski definition) is 0. The fourth-order valence-corrected chi connectivity index (χ4v) is 1.69. The van der Waals surface area contributed by atoms with Gasteiger partial charge in [-0.15, -0.1) is 0 Å². The first-order valence-electron chi connectivity index (χ1n) is 3.81. The molecule has 1 nitrogen and oxygen atoms in total. The lowest BCUT2D eigenvalue weighted by Crippen LogP contribution is -1.91. The molecule has 0 saturated carbocycles. The first-order chi connectivity index (χ1) is 5.72. The zero-order chi connectivity index (χ0) is 8.97. The SMILES string of the molecule is COC[CH]c1cc(C)cc(Br)c1. The minimum absolute atomic E-state index is 0.663. The van der Waals surface area contributed by atoms with Crippen LogP contribution < -0.4 is 0 Å². The molecule has 0 bridgehead atoms. The van der Waals surface area contributed by atoms with Gasteiger partial charge < -0.3 is 4.74 Å². The van der Waals surface area contributed by atoms with Gasteiger partial charge in [0.15, 0.2) is 0 Å². The maximum atomic E-state index is 4.95. The van der Waals surface area contributed by atoms with Gasteiger partial charge in [0.05, 0.1) is 6.61 Å². The molecule has 1 radical (unpaired) electrons. The van der Waals surface area contributed by atoms with Gasteiger partial charge in [0.1, 0.15) is 0 Å². The van der Waals surface area contributed by atoms with E-state index in [1.165, 1.54) is 11.1 Å². The number of rotatable bonds is 3. The van der Waals surface area contributed by atoms with E-state index in [-0.39, 0.29) is 0 Å². The number of hydrogen-bond acceptors (Lipinski definition) is 1. The highest BCUT2D eigenvalue weighted by molar-refractivity contribution is 9.10. The molecule has 1 aromatic rings. The first kappa shape index (κ1) is 9.75. The van der Waals surface area contributed by atoms with Crippen molar-refractivity contribution in [2.75, 3.05) is 13.7 Å². The van der Waals surface area contributed by atoms with Gasteiger partial charge in [0.2, 0.25) is 0 Å². The van der Waals surface area contributed by atoms with Crippen LogP contribution >= 0.6 is 15.9 Å². The molecule has 0 aliphatic heterocycles. The third kappa shape index (κ3) is 2.95. The average molecular weight is 228 g/mol. The van der Waals surface area contributed by atoms with Crippen molar-refractivity contribution in [3.05, 3.63) is 40.2 Å². The van der Waals surface area contributed by atoms with Crippen LogP contribution in [0.1, 0.15) is 11.1 Å². The van der Waals surface area contributed by atoms with Crippen LogP contribution in [0.25, 0.3) is 0 Å².